The summed E-state index contributed by atoms with van der Waals surface area (Å²) in [4.78, 5) is 23.8. The molecule has 0 spiro atoms. The van der Waals surface area contributed by atoms with Crippen molar-refractivity contribution in [2.45, 2.75) is 32.9 Å². The molecule has 0 aliphatic carbocycles. The van der Waals surface area contributed by atoms with Gasteiger partial charge in [-0.3, -0.25) is 9.59 Å². The highest BCUT2D eigenvalue weighted by Gasteiger charge is 2.45. The van der Waals surface area contributed by atoms with Gasteiger partial charge in [-0.15, -0.1) is 0 Å². The van der Waals surface area contributed by atoms with E-state index >= 15 is 0 Å². The van der Waals surface area contributed by atoms with Gasteiger partial charge < -0.3 is 10.6 Å². The van der Waals surface area contributed by atoms with Crippen LogP contribution in [-0.4, -0.2) is 23.6 Å². The Morgan fingerprint density at radius 3 is 2.62 bits per heavy atom. The molecule has 0 unspecified atom stereocenters. The average molecular weight is 306 g/mol. The Hall–Kier alpha value is -1.99. The molecule has 0 saturated heterocycles. The summed E-state index contributed by atoms with van der Waals surface area (Å²) in [5.41, 5.74) is -0.551. The zero-order valence-electron chi connectivity index (χ0n) is 12.5. The molecule has 7 heteroatoms. The maximum atomic E-state index is 12.0. The van der Waals surface area contributed by atoms with E-state index in [9.17, 15) is 14.9 Å². The van der Waals surface area contributed by atoms with Gasteiger partial charge in [0.05, 0.1) is 28.0 Å². The van der Waals surface area contributed by atoms with Gasteiger partial charge in [0.15, 0.2) is 0 Å². The fourth-order valence-electron chi connectivity index (χ4n) is 2.06. The molecule has 6 nitrogen and oxygen atoms in total. The Morgan fingerprint density at radius 2 is 2.14 bits per heavy atom. The maximum absolute atomic E-state index is 12.0. The third kappa shape index (κ3) is 3.37. The smallest absolute Gasteiger partial charge is 0.243 e. The van der Waals surface area contributed by atoms with Crippen LogP contribution in [0.3, 0.4) is 0 Å². The highest BCUT2D eigenvalue weighted by atomic mass is 32.2. The van der Waals surface area contributed by atoms with E-state index in [4.69, 9.17) is 5.26 Å². The van der Waals surface area contributed by atoms with Crippen LogP contribution in [0.5, 0.6) is 0 Å². The van der Waals surface area contributed by atoms with Crippen LogP contribution in [0, 0.1) is 34.0 Å². The minimum atomic E-state index is -0.920. The third-order valence-corrected chi connectivity index (χ3v) is 4.46. The lowest BCUT2D eigenvalue weighted by atomic mass is 9.72. The normalized spacial score (nSPS) is 21.8. The molecule has 1 heterocycles. The van der Waals surface area contributed by atoms with Crippen molar-refractivity contribution >= 4 is 23.6 Å². The number of carbonyl (C=O) groups is 2. The number of carbonyl (C=O) groups excluding carboxylic acids is 2. The second-order valence-corrected chi connectivity index (χ2v) is 6.59. The first-order valence-corrected chi connectivity index (χ1v) is 7.47. The van der Waals surface area contributed by atoms with Crippen LogP contribution in [0.2, 0.25) is 0 Å². The van der Waals surface area contributed by atoms with Crippen LogP contribution in [0.4, 0.5) is 0 Å². The highest BCUT2D eigenvalue weighted by molar-refractivity contribution is 8.04. The van der Waals surface area contributed by atoms with Crippen molar-refractivity contribution in [3.63, 3.8) is 0 Å². The zero-order valence-corrected chi connectivity index (χ0v) is 13.3. The summed E-state index contributed by atoms with van der Waals surface area (Å²) in [6.07, 6.45) is 0. The summed E-state index contributed by atoms with van der Waals surface area (Å²) in [6.45, 7) is 7.42. The lowest BCUT2D eigenvalue weighted by Crippen LogP contribution is -2.45. The van der Waals surface area contributed by atoms with Gasteiger partial charge in [-0.2, -0.15) is 10.5 Å². The van der Waals surface area contributed by atoms with Crippen LogP contribution in [-0.2, 0) is 9.59 Å². The van der Waals surface area contributed by atoms with Gasteiger partial charge in [-0.25, -0.2) is 0 Å². The van der Waals surface area contributed by atoms with E-state index in [1.54, 1.807) is 20.8 Å². The van der Waals surface area contributed by atoms with E-state index in [-0.39, 0.29) is 5.91 Å². The summed E-state index contributed by atoms with van der Waals surface area (Å²) in [5, 5.41) is 23.7. The van der Waals surface area contributed by atoms with Crippen LogP contribution >= 0.6 is 11.8 Å². The summed E-state index contributed by atoms with van der Waals surface area (Å²) in [5.74, 6) is -1.52. The first-order valence-electron chi connectivity index (χ1n) is 6.59. The Bertz CT molecular complexity index is 569. The van der Waals surface area contributed by atoms with Crippen LogP contribution in [0.25, 0.3) is 0 Å². The number of thioether (sulfide) groups is 1. The molecule has 1 aliphatic rings. The van der Waals surface area contributed by atoms with Crippen molar-refractivity contribution in [1.29, 1.82) is 10.5 Å². The number of hydrogen-bond donors (Lipinski definition) is 2. The zero-order chi connectivity index (χ0) is 16.2. The van der Waals surface area contributed by atoms with Crippen molar-refractivity contribution in [3.05, 3.63) is 10.6 Å². The molecular weight excluding hydrogens is 288 g/mol. The van der Waals surface area contributed by atoms with Gasteiger partial charge in [-0.1, -0.05) is 25.6 Å². The molecule has 0 aromatic rings. The predicted molar refractivity (Wildman–Crippen MR) is 79.4 cm³/mol. The molecule has 2 amide bonds. The van der Waals surface area contributed by atoms with E-state index in [0.717, 1.165) is 11.8 Å². The molecule has 1 rings (SSSR count). The predicted octanol–water partition coefficient (Wildman–Crippen LogP) is 1.28. The van der Waals surface area contributed by atoms with Crippen molar-refractivity contribution in [2.75, 3.05) is 6.54 Å². The molecule has 112 valence electrons. The van der Waals surface area contributed by atoms with Crippen LogP contribution < -0.4 is 10.6 Å². The van der Waals surface area contributed by atoms with Crippen molar-refractivity contribution < 1.29 is 9.59 Å². The first kappa shape index (κ1) is 17.1. The number of hydrogen-bond acceptors (Lipinski definition) is 5. The second kappa shape index (κ2) is 6.64. The standard InChI is InChI=1S/C14H18N4O2S/c1-5-17-11(19)8(2)21-13-10(7-16)14(3,4)9(6-15)12(20)18-13/h8-9H,5H2,1-4H3,(H,17,19)(H,18,20)/t8-,9-/m1/s1. The summed E-state index contributed by atoms with van der Waals surface area (Å²) < 4.78 is 0. The topological polar surface area (TPSA) is 106 Å². The molecular formula is C14H18N4O2S. The van der Waals surface area contributed by atoms with Crippen molar-refractivity contribution in [2.24, 2.45) is 11.3 Å². The molecule has 0 fully saturated rings. The van der Waals surface area contributed by atoms with Gasteiger partial charge in [0.1, 0.15) is 5.92 Å². The number of rotatable bonds is 4. The van der Waals surface area contributed by atoms with E-state index in [0.29, 0.717) is 17.1 Å². The van der Waals surface area contributed by atoms with Crippen LogP contribution in [0.15, 0.2) is 10.6 Å². The minimum Gasteiger partial charge on any atom is -0.355 e. The molecule has 21 heavy (non-hydrogen) atoms. The van der Waals surface area contributed by atoms with Crippen molar-refractivity contribution in [1.82, 2.24) is 10.6 Å². The van der Waals surface area contributed by atoms with Gasteiger partial charge in [0.2, 0.25) is 11.8 Å². The van der Waals surface area contributed by atoms with Gasteiger partial charge in [0, 0.05) is 12.0 Å². The quantitative estimate of drug-likeness (QED) is 0.813. The van der Waals surface area contributed by atoms with E-state index < -0.39 is 22.5 Å². The fraction of sp³-hybridized carbons (Fsp3) is 0.571. The molecule has 0 bridgehead atoms. The molecule has 0 aromatic heterocycles. The highest BCUT2D eigenvalue weighted by Crippen LogP contribution is 2.42. The molecule has 0 radical (unpaired) electrons. The van der Waals surface area contributed by atoms with Gasteiger partial charge in [-0.05, 0) is 13.8 Å². The molecule has 0 aromatic carbocycles. The molecule has 2 N–H and O–H groups in total. The lowest BCUT2D eigenvalue weighted by Gasteiger charge is -2.35. The largest absolute Gasteiger partial charge is 0.355 e. The monoisotopic (exact) mass is 306 g/mol. The number of allylic oxidation sites excluding steroid dienone is 1. The minimum absolute atomic E-state index is 0.165. The number of nitriles is 2. The molecule has 2 atom stereocenters. The average Bonchev–Trinajstić information content (AvgIpc) is 2.38. The number of amides is 2. The maximum Gasteiger partial charge on any atom is 0.243 e. The van der Waals surface area contributed by atoms with E-state index in [1.807, 2.05) is 13.0 Å². The van der Waals surface area contributed by atoms with Gasteiger partial charge in [0.25, 0.3) is 0 Å². The Balaban J connectivity index is 3.13. The second-order valence-electron chi connectivity index (χ2n) is 5.24. The third-order valence-electron chi connectivity index (χ3n) is 3.35. The molecule has 1 aliphatic heterocycles. The van der Waals surface area contributed by atoms with Crippen LogP contribution in [0.1, 0.15) is 27.7 Å². The van der Waals surface area contributed by atoms with Crippen molar-refractivity contribution in [3.8, 4) is 12.1 Å². The molecule has 0 saturated carbocycles. The summed E-state index contributed by atoms with van der Waals surface area (Å²) in [7, 11) is 0. The van der Waals surface area contributed by atoms with E-state index in [2.05, 4.69) is 16.7 Å². The first-order chi connectivity index (χ1) is 9.79. The Labute approximate surface area is 128 Å². The lowest BCUT2D eigenvalue weighted by molar-refractivity contribution is -0.125. The van der Waals surface area contributed by atoms with Gasteiger partial charge >= 0.3 is 0 Å². The number of nitrogens with one attached hydrogen (secondary N) is 2. The van der Waals surface area contributed by atoms with E-state index in [1.165, 1.54) is 0 Å². The SMILES string of the molecule is CCNC(=O)[C@@H](C)SC1=C(C#N)C(C)(C)[C@H](C#N)C(=O)N1. The number of nitrogens with zero attached hydrogens (tertiary/aromatic N) is 2. The fourth-order valence-corrected chi connectivity index (χ4v) is 3.19. The summed E-state index contributed by atoms with van der Waals surface area (Å²) in [6, 6.07) is 4.01. The Kier molecular flexibility index (Phi) is 5.40. The summed E-state index contributed by atoms with van der Waals surface area (Å²) >= 11 is 1.12. The Morgan fingerprint density at radius 1 is 1.52 bits per heavy atom.